The Kier molecular flexibility index (Phi) is 4.53. The monoisotopic (exact) mass is 321 g/mol. The lowest BCUT2D eigenvalue weighted by Gasteiger charge is -2.10. The second-order valence-corrected chi connectivity index (χ2v) is 8.92. The van der Waals surface area contributed by atoms with Gasteiger partial charge in [0.1, 0.15) is 4.21 Å². The van der Waals surface area contributed by atoms with Crippen molar-refractivity contribution in [2.45, 2.75) is 30.4 Å². The van der Waals surface area contributed by atoms with Crippen LogP contribution in [0.3, 0.4) is 0 Å². The maximum Gasteiger partial charge on any atom is 0.270 e. The number of carbonyl (C=O) groups excluding carboxylic acids is 1. The normalized spacial score (nSPS) is 17.2. The minimum Gasteiger partial charge on any atom is -0.356 e. The van der Waals surface area contributed by atoms with Crippen LogP contribution in [0.4, 0.5) is 0 Å². The fourth-order valence-corrected chi connectivity index (χ4v) is 4.03. The highest BCUT2D eigenvalue weighted by Gasteiger charge is 2.27. The molecule has 1 aromatic heterocycles. The standard InChI is InChI=1S/C12H16ClNO3S2/c1-8(9-2-3-9)7-14-11(15)6-10-4-5-12(18-10)19(13,16)17/h4-5,8-9H,2-3,6-7H2,1H3,(H,14,15). The molecular weight excluding hydrogens is 306 g/mol. The average Bonchev–Trinajstić information content (AvgIpc) is 3.05. The Balaban J connectivity index is 1.83. The van der Waals surface area contributed by atoms with E-state index >= 15 is 0 Å². The molecule has 1 heterocycles. The Morgan fingerprint density at radius 1 is 1.53 bits per heavy atom. The van der Waals surface area contributed by atoms with Gasteiger partial charge in [-0.2, -0.15) is 0 Å². The van der Waals surface area contributed by atoms with Gasteiger partial charge in [0.05, 0.1) is 6.42 Å². The minimum absolute atomic E-state index is 0.0760. The van der Waals surface area contributed by atoms with E-state index in [1.807, 2.05) is 0 Å². The molecule has 1 saturated carbocycles. The van der Waals surface area contributed by atoms with Crippen molar-refractivity contribution in [1.82, 2.24) is 5.32 Å². The first-order chi connectivity index (χ1) is 8.86. The molecule has 0 bridgehead atoms. The lowest BCUT2D eigenvalue weighted by Crippen LogP contribution is -2.30. The molecule has 0 aromatic carbocycles. The maximum absolute atomic E-state index is 11.7. The Morgan fingerprint density at radius 2 is 2.21 bits per heavy atom. The number of halogens is 1. The van der Waals surface area contributed by atoms with Gasteiger partial charge in [-0.3, -0.25) is 4.79 Å². The number of hydrogen-bond acceptors (Lipinski definition) is 4. The van der Waals surface area contributed by atoms with Crippen LogP contribution in [0.1, 0.15) is 24.6 Å². The Labute approximate surface area is 121 Å². The van der Waals surface area contributed by atoms with Gasteiger partial charge in [-0.1, -0.05) is 6.92 Å². The van der Waals surface area contributed by atoms with E-state index in [9.17, 15) is 13.2 Å². The molecule has 1 atom stereocenters. The Hall–Kier alpha value is -0.590. The van der Waals surface area contributed by atoms with Crippen molar-refractivity contribution in [3.8, 4) is 0 Å². The molecule has 0 spiro atoms. The van der Waals surface area contributed by atoms with Crippen LogP contribution in [0.15, 0.2) is 16.3 Å². The van der Waals surface area contributed by atoms with Crippen molar-refractivity contribution in [2.24, 2.45) is 11.8 Å². The van der Waals surface area contributed by atoms with Gasteiger partial charge < -0.3 is 5.32 Å². The van der Waals surface area contributed by atoms with E-state index in [2.05, 4.69) is 12.2 Å². The van der Waals surface area contributed by atoms with Crippen molar-refractivity contribution in [1.29, 1.82) is 0 Å². The highest BCUT2D eigenvalue weighted by atomic mass is 35.7. The zero-order valence-corrected chi connectivity index (χ0v) is 12.9. The molecule has 1 aromatic rings. The molecule has 1 unspecified atom stereocenters. The number of amides is 1. The van der Waals surface area contributed by atoms with Crippen molar-refractivity contribution in [2.75, 3.05) is 6.54 Å². The third kappa shape index (κ3) is 4.47. The molecule has 2 rings (SSSR count). The zero-order valence-electron chi connectivity index (χ0n) is 10.6. The summed E-state index contributed by atoms with van der Waals surface area (Å²) in [6.07, 6.45) is 2.73. The summed E-state index contributed by atoms with van der Waals surface area (Å²) < 4.78 is 22.3. The van der Waals surface area contributed by atoms with Gasteiger partial charge in [0.25, 0.3) is 9.05 Å². The Bertz CT molecular complexity index is 563. The minimum atomic E-state index is -3.69. The summed E-state index contributed by atoms with van der Waals surface area (Å²) in [7, 11) is 1.55. The lowest BCUT2D eigenvalue weighted by atomic mass is 10.1. The van der Waals surface area contributed by atoms with E-state index in [1.54, 1.807) is 6.07 Å². The fraction of sp³-hybridized carbons (Fsp3) is 0.583. The van der Waals surface area contributed by atoms with E-state index in [-0.39, 0.29) is 16.5 Å². The van der Waals surface area contributed by atoms with Gasteiger partial charge in [-0.15, -0.1) is 11.3 Å². The molecule has 1 fully saturated rings. The van der Waals surface area contributed by atoms with E-state index < -0.39 is 9.05 Å². The molecular formula is C12H16ClNO3S2. The molecule has 7 heteroatoms. The van der Waals surface area contributed by atoms with Gasteiger partial charge in [0.15, 0.2) is 0 Å². The van der Waals surface area contributed by atoms with Crippen LogP contribution in [0.5, 0.6) is 0 Å². The molecule has 0 radical (unpaired) electrons. The maximum atomic E-state index is 11.7. The van der Waals surface area contributed by atoms with Crippen LogP contribution in [0.2, 0.25) is 0 Å². The zero-order chi connectivity index (χ0) is 14.0. The largest absolute Gasteiger partial charge is 0.356 e. The third-order valence-electron chi connectivity index (χ3n) is 3.26. The number of nitrogens with one attached hydrogen (secondary N) is 1. The third-order valence-corrected chi connectivity index (χ3v) is 6.44. The quantitative estimate of drug-likeness (QED) is 0.818. The summed E-state index contributed by atoms with van der Waals surface area (Å²) in [5, 5.41) is 2.89. The second kappa shape index (κ2) is 5.81. The van der Waals surface area contributed by atoms with E-state index in [4.69, 9.17) is 10.7 Å². The molecule has 1 aliphatic carbocycles. The molecule has 1 aliphatic rings. The molecule has 4 nitrogen and oxygen atoms in total. The summed E-state index contributed by atoms with van der Waals surface area (Å²) in [5.41, 5.74) is 0. The van der Waals surface area contributed by atoms with Gasteiger partial charge in [-0.05, 0) is 36.8 Å². The van der Waals surface area contributed by atoms with Crippen LogP contribution in [-0.4, -0.2) is 20.9 Å². The van der Waals surface area contributed by atoms with Gasteiger partial charge in [0, 0.05) is 22.1 Å². The average molecular weight is 322 g/mol. The van der Waals surface area contributed by atoms with Crippen LogP contribution < -0.4 is 5.32 Å². The first kappa shape index (κ1) is 14.8. The van der Waals surface area contributed by atoms with E-state index in [0.717, 1.165) is 17.3 Å². The van der Waals surface area contributed by atoms with E-state index in [1.165, 1.54) is 18.9 Å². The first-order valence-electron chi connectivity index (χ1n) is 6.16. The fourth-order valence-electron chi connectivity index (χ4n) is 1.91. The van der Waals surface area contributed by atoms with Gasteiger partial charge in [0.2, 0.25) is 5.91 Å². The summed E-state index contributed by atoms with van der Waals surface area (Å²) >= 11 is 1.04. The lowest BCUT2D eigenvalue weighted by molar-refractivity contribution is -0.120. The summed E-state index contributed by atoms with van der Waals surface area (Å²) in [6.45, 7) is 2.83. The summed E-state index contributed by atoms with van der Waals surface area (Å²) in [5.74, 6) is 1.20. The van der Waals surface area contributed by atoms with Gasteiger partial charge in [-0.25, -0.2) is 8.42 Å². The summed E-state index contributed by atoms with van der Waals surface area (Å²) in [6, 6.07) is 3.06. The number of carbonyl (C=O) groups is 1. The number of thiophene rings is 1. The summed E-state index contributed by atoms with van der Waals surface area (Å²) in [4.78, 5) is 12.4. The smallest absolute Gasteiger partial charge is 0.270 e. The second-order valence-electron chi connectivity index (χ2n) is 4.95. The van der Waals surface area contributed by atoms with Crippen molar-refractivity contribution >= 4 is 37.0 Å². The van der Waals surface area contributed by atoms with Crippen LogP contribution in [0.25, 0.3) is 0 Å². The predicted molar refractivity (Wildman–Crippen MR) is 76.0 cm³/mol. The van der Waals surface area contributed by atoms with Crippen molar-refractivity contribution in [3.63, 3.8) is 0 Å². The van der Waals surface area contributed by atoms with Crippen LogP contribution >= 0.6 is 22.0 Å². The van der Waals surface area contributed by atoms with Crippen molar-refractivity contribution in [3.05, 3.63) is 17.0 Å². The topological polar surface area (TPSA) is 63.2 Å². The number of hydrogen-bond donors (Lipinski definition) is 1. The van der Waals surface area contributed by atoms with Gasteiger partial charge >= 0.3 is 0 Å². The first-order valence-corrected chi connectivity index (χ1v) is 9.29. The highest BCUT2D eigenvalue weighted by Crippen LogP contribution is 2.36. The Morgan fingerprint density at radius 3 is 2.74 bits per heavy atom. The molecule has 1 N–H and O–H groups in total. The SMILES string of the molecule is CC(CNC(=O)Cc1ccc(S(=O)(=O)Cl)s1)C1CC1. The number of rotatable bonds is 6. The molecule has 19 heavy (non-hydrogen) atoms. The highest BCUT2D eigenvalue weighted by molar-refractivity contribution is 8.15. The van der Waals surface area contributed by atoms with Crippen LogP contribution in [0, 0.1) is 11.8 Å². The molecule has 0 saturated heterocycles. The molecule has 0 aliphatic heterocycles. The molecule has 1 amide bonds. The molecule has 106 valence electrons. The van der Waals surface area contributed by atoms with Crippen LogP contribution in [-0.2, 0) is 20.3 Å². The van der Waals surface area contributed by atoms with Crippen molar-refractivity contribution < 1.29 is 13.2 Å². The predicted octanol–water partition coefficient (Wildman–Crippen LogP) is 2.38. The van der Waals surface area contributed by atoms with E-state index in [0.29, 0.717) is 17.3 Å².